The second kappa shape index (κ2) is 7.94. The van der Waals surface area contributed by atoms with Crippen LogP contribution < -0.4 is 4.74 Å². The van der Waals surface area contributed by atoms with E-state index >= 15 is 0 Å². The third-order valence-corrected chi connectivity index (χ3v) is 4.19. The van der Waals surface area contributed by atoms with Gasteiger partial charge in [-0.1, -0.05) is 12.1 Å². The Morgan fingerprint density at radius 3 is 2.56 bits per heavy atom. The fraction of sp³-hybridized carbons (Fsp3) is 0.316. The SMILES string of the molecule is COc1nccnc1-c1ccc(C(=O)N(C)Cc2nncn2C(C)C)cc1. The summed E-state index contributed by atoms with van der Waals surface area (Å²) < 4.78 is 7.19. The zero-order valence-corrected chi connectivity index (χ0v) is 15.8. The van der Waals surface area contributed by atoms with Gasteiger partial charge in [-0.25, -0.2) is 9.97 Å². The Morgan fingerprint density at radius 1 is 1.19 bits per heavy atom. The highest BCUT2D eigenvalue weighted by molar-refractivity contribution is 5.94. The molecule has 0 radical (unpaired) electrons. The van der Waals surface area contributed by atoms with Crippen LogP contribution in [0.4, 0.5) is 0 Å². The van der Waals surface area contributed by atoms with Crippen LogP contribution in [-0.2, 0) is 6.54 Å². The maximum absolute atomic E-state index is 12.7. The molecular formula is C19H22N6O2. The third-order valence-electron chi connectivity index (χ3n) is 4.19. The maximum Gasteiger partial charge on any atom is 0.254 e. The number of aromatic nitrogens is 5. The van der Waals surface area contributed by atoms with Gasteiger partial charge < -0.3 is 14.2 Å². The summed E-state index contributed by atoms with van der Waals surface area (Å²) in [5.74, 6) is 1.11. The van der Waals surface area contributed by atoms with Gasteiger partial charge in [0.2, 0.25) is 5.88 Å². The number of rotatable bonds is 6. The first kappa shape index (κ1) is 18.5. The van der Waals surface area contributed by atoms with Crippen molar-refractivity contribution in [3.05, 3.63) is 54.4 Å². The second-order valence-electron chi connectivity index (χ2n) is 6.40. The molecule has 2 aromatic heterocycles. The van der Waals surface area contributed by atoms with Crippen LogP contribution in [0.5, 0.6) is 5.88 Å². The van der Waals surface area contributed by atoms with E-state index < -0.39 is 0 Å². The monoisotopic (exact) mass is 366 g/mol. The van der Waals surface area contributed by atoms with Crippen molar-refractivity contribution in [3.8, 4) is 17.1 Å². The Morgan fingerprint density at radius 2 is 1.89 bits per heavy atom. The lowest BCUT2D eigenvalue weighted by atomic mass is 10.1. The number of carbonyl (C=O) groups is 1. The lowest BCUT2D eigenvalue weighted by Gasteiger charge is -2.18. The van der Waals surface area contributed by atoms with Crippen molar-refractivity contribution >= 4 is 5.91 Å². The minimum absolute atomic E-state index is 0.0917. The first-order valence-electron chi connectivity index (χ1n) is 8.60. The van der Waals surface area contributed by atoms with Crippen LogP contribution in [0.25, 0.3) is 11.3 Å². The van der Waals surface area contributed by atoms with Gasteiger partial charge in [0.25, 0.3) is 5.91 Å². The topological polar surface area (TPSA) is 86.0 Å². The molecule has 0 fully saturated rings. The van der Waals surface area contributed by atoms with E-state index in [9.17, 15) is 4.79 Å². The molecule has 27 heavy (non-hydrogen) atoms. The number of benzene rings is 1. The zero-order valence-electron chi connectivity index (χ0n) is 15.8. The predicted molar refractivity (Wildman–Crippen MR) is 100 cm³/mol. The fourth-order valence-electron chi connectivity index (χ4n) is 2.76. The van der Waals surface area contributed by atoms with Crippen molar-refractivity contribution in [1.29, 1.82) is 0 Å². The highest BCUT2D eigenvalue weighted by Crippen LogP contribution is 2.25. The Labute approximate surface area is 157 Å². The van der Waals surface area contributed by atoms with Gasteiger partial charge in [0.15, 0.2) is 5.82 Å². The van der Waals surface area contributed by atoms with Gasteiger partial charge in [-0.2, -0.15) is 0 Å². The molecule has 3 rings (SSSR count). The van der Waals surface area contributed by atoms with Crippen molar-refractivity contribution in [2.75, 3.05) is 14.2 Å². The van der Waals surface area contributed by atoms with E-state index in [0.717, 1.165) is 11.4 Å². The van der Waals surface area contributed by atoms with Crippen LogP contribution in [0.3, 0.4) is 0 Å². The van der Waals surface area contributed by atoms with Crippen molar-refractivity contribution in [3.63, 3.8) is 0 Å². The molecule has 0 N–H and O–H groups in total. The van der Waals surface area contributed by atoms with E-state index in [2.05, 4.69) is 20.2 Å². The summed E-state index contributed by atoms with van der Waals surface area (Å²) in [7, 11) is 3.30. The first-order valence-corrected chi connectivity index (χ1v) is 8.60. The van der Waals surface area contributed by atoms with Gasteiger partial charge in [0.1, 0.15) is 12.0 Å². The molecule has 0 aliphatic heterocycles. The molecule has 8 heteroatoms. The van der Waals surface area contributed by atoms with Crippen molar-refractivity contribution in [2.24, 2.45) is 0 Å². The molecular weight excluding hydrogens is 344 g/mol. The van der Waals surface area contributed by atoms with Crippen LogP contribution in [0.1, 0.15) is 36.1 Å². The second-order valence-corrected chi connectivity index (χ2v) is 6.40. The number of hydrogen-bond acceptors (Lipinski definition) is 6. The molecule has 0 spiro atoms. The molecule has 0 atom stereocenters. The van der Waals surface area contributed by atoms with Crippen LogP contribution in [-0.4, -0.2) is 49.7 Å². The zero-order chi connectivity index (χ0) is 19.4. The largest absolute Gasteiger partial charge is 0.479 e. The third kappa shape index (κ3) is 3.94. The van der Waals surface area contributed by atoms with Crippen LogP contribution in [0.2, 0.25) is 0 Å². The van der Waals surface area contributed by atoms with Gasteiger partial charge in [-0.15, -0.1) is 10.2 Å². The number of amides is 1. The molecule has 3 aromatic rings. The maximum atomic E-state index is 12.7. The molecule has 2 heterocycles. The molecule has 140 valence electrons. The Hall–Kier alpha value is -3.29. The lowest BCUT2D eigenvalue weighted by Crippen LogP contribution is -2.28. The predicted octanol–water partition coefficient (Wildman–Crippen LogP) is 2.60. The lowest BCUT2D eigenvalue weighted by molar-refractivity contribution is 0.0779. The number of carbonyl (C=O) groups excluding carboxylic acids is 1. The number of hydrogen-bond donors (Lipinski definition) is 0. The Balaban J connectivity index is 1.76. The summed E-state index contributed by atoms with van der Waals surface area (Å²) in [4.78, 5) is 22.8. The summed E-state index contributed by atoms with van der Waals surface area (Å²) in [6, 6.07) is 7.46. The molecule has 0 saturated carbocycles. The average Bonchev–Trinajstić information content (AvgIpc) is 3.16. The molecule has 1 amide bonds. The molecule has 0 bridgehead atoms. The summed E-state index contributed by atoms with van der Waals surface area (Å²) >= 11 is 0. The Bertz CT molecular complexity index is 920. The molecule has 0 unspecified atom stereocenters. The number of ether oxygens (including phenoxy) is 1. The molecule has 0 aliphatic rings. The van der Waals surface area contributed by atoms with E-state index in [0.29, 0.717) is 23.7 Å². The van der Waals surface area contributed by atoms with Crippen molar-refractivity contribution < 1.29 is 9.53 Å². The van der Waals surface area contributed by atoms with Gasteiger partial charge >= 0.3 is 0 Å². The van der Waals surface area contributed by atoms with E-state index in [1.165, 1.54) is 0 Å². The van der Waals surface area contributed by atoms with Crippen molar-refractivity contribution in [2.45, 2.75) is 26.4 Å². The minimum Gasteiger partial charge on any atom is -0.479 e. The first-order chi connectivity index (χ1) is 13.0. The van der Waals surface area contributed by atoms with E-state index in [1.807, 2.05) is 30.5 Å². The van der Waals surface area contributed by atoms with Crippen molar-refractivity contribution in [1.82, 2.24) is 29.6 Å². The van der Waals surface area contributed by atoms with Gasteiger partial charge in [0.05, 0.1) is 13.7 Å². The summed E-state index contributed by atoms with van der Waals surface area (Å²) in [6.45, 7) is 4.49. The molecule has 1 aromatic carbocycles. The molecule has 8 nitrogen and oxygen atoms in total. The van der Waals surface area contributed by atoms with Gasteiger partial charge in [0, 0.05) is 36.6 Å². The van der Waals surface area contributed by atoms with Crippen LogP contribution in [0, 0.1) is 0 Å². The van der Waals surface area contributed by atoms with Gasteiger partial charge in [-0.05, 0) is 26.0 Å². The summed E-state index contributed by atoms with van der Waals surface area (Å²) in [6.07, 6.45) is 4.86. The number of nitrogens with zero attached hydrogens (tertiary/aromatic N) is 6. The van der Waals surface area contributed by atoms with E-state index in [4.69, 9.17) is 4.74 Å². The van der Waals surface area contributed by atoms with Crippen LogP contribution in [0.15, 0.2) is 43.0 Å². The smallest absolute Gasteiger partial charge is 0.254 e. The molecule has 0 saturated heterocycles. The quantitative estimate of drug-likeness (QED) is 0.666. The average molecular weight is 366 g/mol. The fourth-order valence-corrected chi connectivity index (χ4v) is 2.76. The minimum atomic E-state index is -0.0917. The normalized spacial score (nSPS) is 10.9. The van der Waals surface area contributed by atoms with E-state index in [1.54, 1.807) is 49.9 Å². The highest BCUT2D eigenvalue weighted by Gasteiger charge is 2.17. The standard InChI is InChI=1S/C19H22N6O2/c1-13(2)25-12-22-23-16(25)11-24(3)19(26)15-7-5-14(6-8-15)17-18(27-4)21-10-9-20-17/h5-10,12-13H,11H2,1-4H3. The number of methoxy groups -OCH3 is 1. The van der Waals surface area contributed by atoms with E-state index in [-0.39, 0.29) is 11.9 Å². The summed E-state index contributed by atoms with van der Waals surface area (Å²) in [5, 5.41) is 8.06. The van der Waals surface area contributed by atoms with Gasteiger partial charge in [-0.3, -0.25) is 4.79 Å². The Kier molecular flexibility index (Phi) is 5.44. The highest BCUT2D eigenvalue weighted by atomic mass is 16.5. The summed E-state index contributed by atoms with van der Waals surface area (Å²) in [5.41, 5.74) is 2.05. The molecule has 0 aliphatic carbocycles. The van der Waals surface area contributed by atoms with Crippen LogP contribution >= 0.6 is 0 Å².